The van der Waals surface area contributed by atoms with Crippen molar-refractivity contribution in [3.8, 4) is 0 Å². The molecule has 2 rings (SSSR count). The van der Waals surface area contributed by atoms with Crippen LogP contribution in [0.4, 0.5) is 0 Å². The highest BCUT2D eigenvalue weighted by atomic mass is 16.6. The molecule has 4 heteroatoms. The molecule has 0 saturated heterocycles. The van der Waals surface area contributed by atoms with Crippen molar-refractivity contribution in [3.05, 3.63) is 46.4 Å². The van der Waals surface area contributed by atoms with E-state index in [1.54, 1.807) is 24.3 Å². The molecule has 15 heavy (non-hydrogen) atoms. The Labute approximate surface area is 85.7 Å². The molecule has 0 saturated carbocycles. The molecule has 0 radical (unpaired) electrons. The van der Waals surface area contributed by atoms with Crippen molar-refractivity contribution >= 4 is 17.1 Å². The van der Waals surface area contributed by atoms with Crippen molar-refractivity contribution in [2.75, 3.05) is 7.11 Å². The maximum atomic E-state index is 11.8. The van der Waals surface area contributed by atoms with Gasteiger partial charge in [-0.15, -0.1) is 4.73 Å². The van der Waals surface area contributed by atoms with E-state index in [9.17, 15) is 9.59 Å². The maximum Gasteiger partial charge on any atom is 0.291 e. The molecule has 0 N–H and O–H groups in total. The lowest BCUT2D eigenvalue weighted by atomic mass is 10.1. The number of aldehydes is 1. The molecule has 0 fully saturated rings. The fraction of sp³-hybridized carbons (Fsp3) is 0.0909. The first-order chi connectivity index (χ1) is 7.27. The number of hydrogen-bond acceptors (Lipinski definition) is 3. The molecule has 1 heterocycles. The Bertz CT molecular complexity index is 572. The third-order valence-corrected chi connectivity index (χ3v) is 2.22. The largest absolute Gasteiger partial charge is 0.413 e. The van der Waals surface area contributed by atoms with E-state index in [0.717, 1.165) is 10.1 Å². The quantitative estimate of drug-likeness (QED) is 0.680. The van der Waals surface area contributed by atoms with Crippen LogP contribution in [-0.2, 0) is 0 Å². The van der Waals surface area contributed by atoms with Gasteiger partial charge in [0.15, 0.2) is 6.29 Å². The molecule has 0 spiro atoms. The lowest BCUT2D eigenvalue weighted by Crippen LogP contribution is -2.27. The molecular formula is C11H9NO3. The average Bonchev–Trinajstić information content (AvgIpc) is 2.29. The van der Waals surface area contributed by atoms with Gasteiger partial charge < -0.3 is 4.84 Å². The van der Waals surface area contributed by atoms with Gasteiger partial charge in [0.25, 0.3) is 5.56 Å². The van der Waals surface area contributed by atoms with E-state index >= 15 is 0 Å². The zero-order valence-electron chi connectivity index (χ0n) is 8.14. The number of pyridine rings is 1. The van der Waals surface area contributed by atoms with Crippen molar-refractivity contribution < 1.29 is 9.63 Å². The summed E-state index contributed by atoms with van der Waals surface area (Å²) in [4.78, 5) is 27.4. The number of aromatic nitrogens is 1. The summed E-state index contributed by atoms with van der Waals surface area (Å²) in [7, 11) is 1.35. The third kappa shape index (κ3) is 1.40. The highest BCUT2D eigenvalue weighted by molar-refractivity contribution is 5.86. The first-order valence-electron chi connectivity index (χ1n) is 4.42. The molecule has 1 aromatic carbocycles. The number of nitrogens with zero attached hydrogens (tertiary/aromatic N) is 1. The fourth-order valence-electron chi connectivity index (χ4n) is 1.53. The van der Waals surface area contributed by atoms with Gasteiger partial charge in [0.2, 0.25) is 0 Å². The van der Waals surface area contributed by atoms with E-state index in [0.29, 0.717) is 11.7 Å². The molecule has 4 nitrogen and oxygen atoms in total. The van der Waals surface area contributed by atoms with Crippen molar-refractivity contribution in [2.45, 2.75) is 0 Å². The van der Waals surface area contributed by atoms with Crippen LogP contribution in [0.25, 0.3) is 10.8 Å². The molecule has 0 aliphatic heterocycles. The van der Waals surface area contributed by atoms with Crippen LogP contribution >= 0.6 is 0 Å². The number of hydrogen-bond donors (Lipinski definition) is 0. The number of carbonyl (C=O) groups excluding carboxylic acids is 1. The van der Waals surface area contributed by atoms with Crippen LogP contribution in [0.5, 0.6) is 0 Å². The number of rotatable bonds is 2. The van der Waals surface area contributed by atoms with Crippen LogP contribution in [0.1, 0.15) is 10.5 Å². The second-order valence-corrected chi connectivity index (χ2v) is 3.06. The van der Waals surface area contributed by atoms with Crippen LogP contribution in [-0.4, -0.2) is 18.1 Å². The van der Waals surface area contributed by atoms with Gasteiger partial charge in [-0.3, -0.25) is 9.59 Å². The summed E-state index contributed by atoms with van der Waals surface area (Å²) < 4.78 is 0.981. The lowest BCUT2D eigenvalue weighted by molar-refractivity contribution is 0.105. The number of carbonyl (C=O) groups is 1. The Morgan fingerprint density at radius 2 is 2.07 bits per heavy atom. The summed E-state index contributed by atoms with van der Waals surface area (Å²) in [5.41, 5.74) is -0.112. The summed E-state index contributed by atoms with van der Waals surface area (Å²) in [6.45, 7) is 0. The molecular weight excluding hydrogens is 194 g/mol. The number of benzene rings is 1. The Morgan fingerprint density at radius 3 is 2.73 bits per heavy atom. The van der Waals surface area contributed by atoms with Gasteiger partial charge in [-0.2, -0.15) is 0 Å². The number of fused-ring (bicyclic) bond motifs is 1. The van der Waals surface area contributed by atoms with Crippen LogP contribution in [0.2, 0.25) is 0 Å². The van der Waals surface area contributed by atoms with Crippen molar-refractivity contribution in [1.82, 2.24) is 4.73 Å². The van der Waals surface area contributed by atoms with Crippen molar-refractivity contribution in [3.63, 3.8) is 0 Å². The minimum absolute atomic E-state index is 0.209. The topological polar surface area (TPSA) is 48.3 Å². The Balaban J connectivity index is 2.94. The van der Waals surface area contributed by atoms with Gasteiger partial charge in [0.1, 0.15) is 12.8 Å². The molecule has 76 valence electrons. The van der Waals surface area contributed by atoms with E-state index in [1.165, 1.54) is 7.11 Å². The monoisotopic (exact) mass is 203 g/mol. The van der Waals surface area contributed by atoms with Gasteiger partial charge in [-0.25, -0.2) is 0 Å². The lowest BCUT2D eigenvalue weighted by Gasteiger charge is -2.07. The first-order valence-corrected chi connectivity index (χ1v) is 4.42. The average molecular weight is 203 g/mol. The predicted molar refractivity (Wildman–Crippen MR) is 56.1 cm³/mol. The van der Waals surface area contributed by atoms with E-state index in [4.69, 9.17) is 4.84 Å². The minimum atomic E-state index is -0.322. The smallest absolute Gasteiger partial charge is 0.291 e. The molecule has 0 unspecified atom stereocenters. The van der Waals surface area contributed by atoms with Crippen LogP contribution in [0.15, 0.2) is 35.1 Å². The predicted octanol–water partition coefficient (Wildman–Crippen LogP) is 0.872. The van der Waals surface area contributed by atoms with Crippen molar-refractivity contribution in [1.29, 1.82) is 0 Å². The zero-order valence-corrected chi connectivity index (χ0v) is 8.14. The highest BCUT2D eigenvalue weighted by Gasteiger charge is 2.07. The van der Waals surface area contributed by atoms with E-state index in [2.05, 4.69) is 0 Å². The maximum absolute atomic E-state index is 11.8. The summed E-state index contributed by atoms with van der Waals surface area (Å²) in [5.74, 6) is 0. The Hall–Kier alpha value is -2.10. The SMILES string of the molecule is COn1c(C=O)cc2ccccc2c1=O. The highest BCUT2D eigenvalue weighted by Crippen LogP contribution is 2.09. The Kier molecular flexibility index (Phi) is 2.25. The second-order valence-electron chi connectivity index (χ2n) is 3.06. The minimum Gasteiger partial charge on any atom is -0.413 e. The molecule has 2 aromatic rings. The van der Waals surface area contributed by atoms with E-state index in [1.807, 2.05) is 6.07 Å². The molecule has 1 aromatic heterocycles. The van der Waals surface area contributed by atoms with Crippen LogP contribution in [0.3, 0.4) is 0 Å². The van der Waals surface area contributed by atoms with Gasteiger partial charge in [0, 0.05) is 0 Å². The first kappa shape index (κ1) is 9.45. The normalized spacial score (nSPS) is 10.2. The summed E-state index contributed by atoms with van der Waals surface area (Å²) in [6.07, 6.45) is 0.595. The zero-order chi connectivity index (χ0) is 10.8. The fourth-order valence-corrected chi connectivity index (χ4v) is 1.53. The van der Waals surface area contributed by atoms with E-state index < -0.39 is 0 Å². The van der Waals surface area contributed by atoms with E-state index in [-0.39, 0.29) is 11.3 Å². The Morgan fingerprint density at radius 1 is 1.33 bits per heavy atom. The van der Waals surface area contributed by atoms with Gasteiger partial charge in [-0.05, 0) is 17.5 Å². The molecule has 0 bridgehead atoms. The second kappa shape index (κ2) is 3.57. The summed E-state index contributed by atoms with van der Waals surface area (Å²) in [5, 5.41) is 1.27. The van der Waals surface area contributed by atoms with Gasteiger partial charge >= 0.3 is 0 Å². The summed E-state index contributed by atoms with van der Waals surface area (Å²) in [6, 6.07) is 8.68. The molecule has 0 amide bonds. The third-order valence-electron chi connectivity index (χ3n) is 2.22. The van der Waals surface area contributed by atoms with Crippen LogP contribution in [0, 0.1) is 0 Å². The van der Waals surface area contributed by atoms with Crippen molar-refractivity contribution in [2.24, 2.45) is 0 Å². The van der Waals surface area contributed by atoms with Gasteiger partial charge in [-0.1, -0.05) is 18.2 Å². The molecule has 0 aliphatic carbocycles. The molecule has 0 atom stereocenters. The molecule has 0 aliphatic rings. The van der Waals surface area contributed by atoms with Crippen LogP contribution < -0.4 is 10.4 Å². The standard InChI is InChI=1S/C11H9NO3/c1-15-12-9(7-13)6-8-4-2-3-5-10(8)11(12)14/h2-7H,1H3. The summed E-state index contributed by atoms with van der Waals surface area (Å²) >= 11 is 0. The van der Waals surface area contributed by atoms with Gasteiger partial charge in [0.05, 0.1) is 5.39 Å².